The van der Waals surface area contributed by atoms with Gasteiger partial charge in [-0.05, 0) is 43.8 Å². The highest BCUT2D eigenvalue weighted by molar-refractivity contribution is 5.94. The Kier molecular flexibility index (Phi) is 6.14. The Morgan fingerprint density at radius 2 is 1.76 bits per heavy atom. The molecule has 0 saturated carbocycles. The molecule has 0 unspecified atom stereocenters. The summed E-state index contributed by atoms with van der Waals surface area (Å²) in [4.78, 5) is 16.7. The van der Waals surface area contributed by atoms with Gasteiger partial charge in [0.05, 0.1) is 0 Å². The van der Waals surface area contributed by atoms with Gasteiger partial charge in [0.2, 0.25) is 0 Å². The normalized spacial score (nSPS) is 16.9. The van der Waals surface area contributed by atoms with Crippen LogP contribution in [0.5, 0.6) is 0 Å². The molecule has 1 saturated heterocycles. The van der Waals surface area contributed by atoms with Crippen LogP contribution >= 0.6 is 0 Å². The molecule has 2 rings (SSSR count). The SMILES string of the molecule is CCN1CCN(CCCNC(=O)c2ccc(F)cc2)CC1. The van der Waals surface area contributed by atoms with E-state index in [1.807, 2.05) is 0 Å². The third-order valence-electron chi connectivity index (χ3n) is 3.96. The zero-order valence-corrected chi connectivity index (χ0v) is 12.6. The number of benzene rings is 1. The zero-order chi connectivity index (χ0) is 15.1. The Labute approximate surface area is 125 Å². The molecule has 1 aliphatic rings. The minimum Gasteiger partial charge on any atom is -0.352 e. The van der Waals surface area contributed by atoms with Gasteiger partial charge in [0.15, 0.2) is 0 Å². The number of hydrogen-bond acceptors (Lipinski definition) is 3. The maximum atomic E-state index is 12.8. The summed E-state index contributed by atoms with van der Waals surface area (Å²) in [6.07, 6.45) is 0.944. The number of nitrogens with zero attached hydrogens (tertiary/aromatic N) is 2. The third-order valence-corrected chi connectivity index (χ3v) is 3.96. The van der Waals surface area contributed by atoms with Crippen molar-refractivity contribution in [1.29, 1.82) is 0 Å². The highest BCUT2D eigenvalue weighted by Gasteiger charge is 2.14. The first-order valence-corrected chi connectivity index (χ1v) is 7.67. The Bertz CT molecular complexity index is 441. The number of amides is 1. The van der Waals surface area contributed by atoms with Crippen molar-refractivity contribution in [2.75, 3.05) is 45.8 Å². The van der Waals surface area contributed by atoms with Crippen molar-refractivity contribution in [2.45, 2.75) is 13.3 Å². The van der Waals surface area contributed by atoms with Gasteiger partial charge in [0, 0.05) is 38.3 Å². The molecular weight excluding hydrogens is 269 g/mol. The van der Waals surface area contributed by atoms with Crippen LogP contribution in [0.25, 0.3) is 0 Å². The molecule has 0 bridgehead atoms. The van der Waals surface area contributed by atoms with Crippen molar-refractivity contribution in [3.8, 4) is 0 Å². The van der Waals surface area contributed by atoms with E-state index < -0.39 is 0 Å². The van der Waals surface area contributed by atoms with Gasteiger partial charge < -0.3 is 15.1 Å². The number of nitrogens with one attached hydrogen (secondary N) is 1. The fourth-order valence-electron chi connectivity index (χ4n) is 2.54. The van der Waals surface area contributed by atoms with Crippen LogP contribution in [0.4, 0.5) is 4.39 Å². The molecule has 21 heavy (non-hydrogen) atoms. The second kappa shape index (κ2) is 8.10. The summed E-state index contributed by atoms with van der Waals surface area (Å²) >= 11 is 0. The number of carbonyl (C=O) groups excluding carboxylic acids is 1. The Hall–Kier alpha value is -1.46. The first kappa shape index (κ1) is 15.9. The lowest BCUT2D eigenvalue weighted by atomic mass is 10.2. The van der Waals surface area contributed by atoms with Crippen LogP contribution in [0.2, 0.25) is 0 Å². The highest BCUT2D eigenvalue weighted by Crippen LogP contribution is 2.03. The van der Waals surface area contributed by atoms with Crippen LogP contribution in [-0.4, -0.2) is 61.5 Å². The molecule has 1 heterocycles. The van der Waals surface area contributed by atoms with Crippen molar-refractivity contribution >= 4 is 5.91 Å². The molecule has 1 aromatic rings. The van der Waals surface area contributed by atoms with Crippen LogP contribution in [0.15, 0.2) is 24.3 Å². The molecule has 0 radical (unpaired) electrons. The van der Waals surface area contributed by atoms with E-state index in [4.69, 9.17) is 0 Å². The Morgan fingerprint density at radius 3 is 2.38 bits per heavy atom. The average Bonchev–Trinajstić information content (AvgIpc) is 2.52. The van der Waals surface area contributed by atoms with Gasteiger partial charge in [-0.1, -0.05) is 6.92 Å². The zero-order valence-electron chi connectivity index (χ0n) is 12.6. The van der Waals surface area contributed by atoms with E-state index in [2.05, 4.69) is 22.0 Å². The lowest BCUT2D eigenvalue weighted by Gasteiger charge is -2.33. The summed E-state index contributed by atoms with van der Waals surface area (Å²) in [7, 11) is 0. The van der Waals surface area contributed by atoms with Crippen LogP contribution in [0.3, 0.4) is 0 Å². The van der Waals surface area contributed by atoms with E-state index >= 15 is 0 Å². The van der Waals surface area contributed by atoms with E-state index in [0.717, 1.165) is 45.7 Å². The minimum absolute atomic E-state index is 0.134. The van der Waals surface area contributed by atoms with Crippen LogP contribution in [0.1, 0.15) is 23.7 Å². The summed E-state index contributed by atoms with van der Waals surface area (Å²) in [6, 6.07) is 5.63. The number of halogens is 1. The Morgan fingerprint density at radius 1 is 1.14 bits per heavy atom. The van der Waals surface area contributed by atoms with E-state index in [-0.39, 0.29) is 11.7 Å². The van der Waals surface area contributed by atoms with E-state index in [9.17, 15) is 9.18 Å². The number of rotatable bonds is 6. The predicted molar refractivity (Wildman–Crippen MR) is 81.9 cm³/mol. The lowest BCUT2D eigenvalue weighted by Crippen LogP contribution is -2.46. The van der Waals surface area contributed by atoms with Crippen molar-refractivity contribution in [3.05, 3.63) is 35.6 Å². The largest absolute Gasteiger partial charge is 0.352 e. The fraction of sp³-hybridized carbons (Fsp3) is 0.562. The van der Waals surface area contributed by atoms with Gasteiger partial charge in [-0.2, -0.15) is 0 Å². The number of piperazine rings is 1. The molecule has 5 heteroatoms. The van der Waals surface area contributed by atoms with E-state index in [0.29, 0.717) is 12.1 Å². The Balaban J connectivity index is 1.61. The van der Waals surface area contributed by atoms with Crippen LogP contribution in [0, 0.1) is 5.82 Å². The molecule has 0 aliphatic carbocycles. The molecule has 0 spiro atoms. The number of likely N-dealkylation sites (N-methyl/N-ethyl adjacent to an activating group) is 1. The summed E-state index contributed by atoms with van der Waals surface area (Å²) in [5, 5.41) is 2.88. The summed E-state index contributed by atoms with van der Waals surface area (Å²) in [5.74, 6) is -0.455. The highest BCUT2D eigenvalue weighted by atomic mass is 19.1. The maximum Gasteiger partial charge on any atom is 0.251 e. The molecule has 1 aliphatic heterocycles. The van der Waals surface area contributed by atoms with Gasteiger partial charge in [0.1, 0.15) is 5.82 Å². The summed E-state index contributed by atoms with van der Waals surface area (Å²) < 4.78 is 12.8. The van der Waals surface area contributed by atoms with E-state index in [1.54, 1.807) is 0 Å². The molecule has 1 amide bonds. The molecular formula is C16H24FN3O. The molecule has 1 fully saturated rings. The van der Waals surface area contributed by atoms with Crippen LogP contribution < -0.4 is 5.32 Å². The van der Waals surface area contributed by atoms with Crippen molar-refractivity contribution in [1.82, 2.24) is 15.1 Å². The van der Waals surface area contributed by atoms with Crippen molar-refractivity contribution in [3.63, 3.8) is 0 Å². The molecule has 1 aromatic carbocycles. The third kappa shape index (κ3) is 5.10. The second-order valence-electron chi connectivity index (χ2n) is 5.39. The number of hydrogen-bond donors (Lipinski definition) is 1. The molecule has 0 atom stereocenters. The quantitative estimate of drug-likeness (QED) is 0.809. The molecule has 1 N–H and O–H groups in total. The first-order valence-electron chi connectivity index (χ1n) is 7.67. The standard InChI is InChI=1S/C16H24FN3O/c1-2-19-10-12-20(13-11-19)9-3-8-18-16(21)14-4-6-15(17)7-5-14/h4-7H,2-3,8-13H2,1H3,(H,18,21). The van der Waals surface area contributed by atoms with Gasteiger partial charge in [-0.25, -0.2) is 4.39 Å². The van der Waals surface area contributed by atoms with E-state index in [1.165, 1.54) is 24.3 Å². The molecule has 0 aromatic heterocycles. The predicted octanol–water partition coefficient (Wildman–Crippen LogP) is 1.58. The summed E-state index contributed by atoms with van der Waals surface area (Å²) in [5.41, 5.74) is 0.507. The summed E-state index contributed by atoms with van der Waals surface area (Å²) in [6.45, 7) is 9.49. The van der Waals surface area contributed by atoms with Crippen LogP contribution in [-0.2, 0) is 0 Å². The van der Waals surface area contributed by atoms with Gasteiger partial charge >= 0.3 is 0 Å². The maximum absolute atomic E-state index is 12.8. The monoisotopic (exact) mass is 293 g/mol. The average molecular weight is 293 g/mol. The topological polar surface area (TPSA) is 35.6 Å². The van der Waals surface area contributed by atoms with Gasteiger partial charge in [-0.15, -0.1) is 0 Å². The molecule has 4 nitrogen and oxygen atoms in total. The van der Waals surface area contributed by atoms with Crippen molar-refractivity contribution in [2.24, 2.45) is 0 Å². The molecule has 116 valence electrons. The van der Waals surface area contributed by atoms with Gasteiger partial charge in [0.25, 0.3) is 5.91 Å². The number of carbonyl (C=O) groups is 1. The second-order valence-corrected chi connectivity index (χ2v) is 5.39. The smallest absolute Gasteiger partial charge is 0.251 e. The van der Waals surface area contributed by atoms with Crippen molar-refractivity contribution < 1.29 is 9.18 Å². The fourth-order valence-corrected chi connectivity index (χ4v) is 2.54. The first-order chi connectivity index (χ1) is 10.2. The minimum atomic E-state index is -0.322. The lowest BCUT2D eigenvalue weighted by molar-refractivity contribution is 0.0948. The van der Waals surface area contributed by atoms with Gasteiger partial charge in [-0.3, -0.25) is 4.79 Å².